The monoisotopic (exact) mass is 626 g/mol. The van der Waals surface area contributed by atoms with Crippen LogP contribution in [0.25, 0.3) is 11.0 Å². The van der Waals surface area contributed by atoms with Gasteiger partial charge < -0.3 is 34.7 Å². The molecule has 0 aliphatic rings. The van der Waals surface area contributed by atoms with Gasteiger partial charge in [0.05, 0.1) is 37.2 Å². The first-order valence-electron chi connectivity index (χ1n) is 14.7. The number of esters is 2. The van der Waals surface area contributed by atoms with Crippen molar-refractivity contribution >= 4 is 46.3 Å². The van der Waals surface area contributed by atoms with Gasteiger partial charge in [0.1, 0.15) is 11.9 Å². The van der Waals surface area contributed by atoms with Crippen LogP contribution in [0.1, 0.15) is 63.5 Å². The van der Waals surface area contributed by atoms with E-state index in [1.165, 1.54) is 13.0 Å². The number of nitrogens with zero attached hydrogens (tertiary/aromatic N) is 3. The molecule has 14 heteroatoms. The fourth-order valence-electron chi connectivity index (χ4n) is 4.03. The van der Waals surface area contributed by atoms with Crippen LogP contribution in [0.4, 0.5) is 11.5 Å². The summed E-state index contributed by atoms with van der Waals surface area (Å²) in [6.07, 6.45) is 1.55. The van der Waals surface area contributed by atoms with E-state index in [0.29, 0.717) is 23.3 Å². The van der Waals surface area contributed by atoms with Crippen LogP contribution in [0, 0.1) is 0 Å². The maximum Gasteiger partial charge on any atom is 0.328 e. The van der Waals surface area contributed by atoms with Crippen molar-refractivity contribution in [3.05, 3.63) is 58.1 Å². The Labute approximate surface area is 261 Å². The predicted molar refractivity (Wildman–Crippen MR) is 169 cm³/mol. The lowest BCUT2D eigenvalue weighted by atomic mass is 10.1. The van der Waals surface area contributed by atoms with Crippen molar-refractivity contribution < 1.29 is 33.4 Å². The van der Waals surface area contributed by atoms with Gasteiger partial charge in [-0.25, -0.2) is 9.78 Å². The number of benzene rings is 1. The van der Waals surface area contributed by atoms with Crippen LogP contribution in [-0.4, -0.2) is 78.2 Å². The number of aromatic amines is 1. The summed E-state index contributed by atoms with van der Waals surface area (Å²) in [5.41, 5.74) is 1.63. The maximum atomic E-state index is 12.8. The highest BCUT2D eigenvalue weighted by atomic mass is 16.5. The number of anilines is 2. The van der Waals surface area contributed by atoms with Gasteiger partial charge in [-0.1, -0.05) is 0 Å². The molecule has 0 spiro atoms. The summed E-state index contributed by atoms with van der Waals surface area (Å²) in [4.78, 5) is 73.7. The molecule has 1 atom stereocenters. The fourth-order valence-corrected chi connectivity index (χ4v) is 4.03. The second kappa shape index (κ2) is 18.7. The van der Waals surface area contributed by atoms with Gasteiger partial charge in [0.25, 0.3) is 11.5 Å². The third kappa shape index (κ3) is 12.0. The summed E-state index contributed by atoms with van der Waals surface area (Å²) < 4.78 is 14.8. The number of amides is 2. The number of carbonyl (C=O) groups is 4. The average molecular weight is 627 g/mol. The fraction of sp³-hybridized carbons (Fsp3) is 0.452. The Balaban J connectivity index is 0.00000130. The first-order chi connectivity index (χ1) is 21.5. The van der Waals surface area contributed by atoms with Crippen molar-refractivity contribution in [2.75, 3.05) is 43.7 Å². The molecule has 1 aromatic carbocycles. The molecule has 0 saturated carbocycles. The molecule has 2 amide bonds. The number of pyridine rings is 1. The number of nitrogens with one attached hydrogen (secondary N) is 3. The van der Waals surface area contributed by atoms with Crippen molar-refractivity contribution in [1.29, 1.82) is 0 Å². The van der Waals surface area contributed by atoms with E-state index in [4.69, 9.17) is 14.2 Å². The standard InChI is InChI=1S/C27H32N6O7.C4H10O/c1-5-39-23(35)12-11-20(27(38)40-6-2)31-25(36)17-7-9-19(10-8-17)33(4)15-18-14-28-21-13-22(29-16(3)34)32-26(37)24(21)30-18;1-3-5-4-2/h7-10,13-14,20H,5-6,11-12,15H2,1-4H3,(H,31,36)(H2,29,32,34,37);3-4H2,1-2H3. The SMILES string of the molecule is CCOC(=O)CCC(NC(=O)c1ccc(N(C)Cc2cnc3cc(NC(C)=O)[nH]c(=O)c3n2)cc1)C(=O)OCC.CCOCC. The highest BCUT2D eigenvalue weighted by Crippen LogP contribution is 2.17. The molecule has 3 N–H and O–H groups in total. The minimum absolute atomic E-state index is 0.0403. The molecule has 244 valence electrons. The van der Waals surface area contributed by atoms with Crippen molar-refractivity contribution in [2.24, 2.45) is 0 Å². The number of rotatable bonds is 14. The highest BCUT2D eigenvalue weighted by molar-refractivity contribution is 5.97. The van der Waals surface area contributed by atoms with E-state index in [9.17, 15) is 24.0 Å². The topological polar surface area (TPSA) is 182 Å². The van der Waals surface area contributed by atoms with Crippen molar-refractivity contribution in [3.8, 4) is 0 Å². The van der Waals surface area contributed by atoms with E-state index in [2.05, 4.69) is 25.6 Å². The third-order valence-corrected chi connectivity index (χ3v) is 6.10. The number of fused-ring (bicyclic) bond motifs is 1. The number of hydrogen-bond acceptors (Lipinski definition) is 11. The molecule has 2 heterocycles. The normalized spacial score (nSPS) is 11.1. The van der Waals surface area contributed by atoms with Gasteiger partial charge in [0, 0.05) is 50.9 Å². The average Bonchev–Trinajstić information content (AvgIpc) is 3.00. The second-order valence-electron chi connectivity index (χ2n) is 9.59. The number of hydrogen-bond donors (Lipinski definition) is 3. The predicted octanol–water partition coefficient (Wildman–Crippen LogP) is 2.96. The van der Waals surface area contributed by atoms with E-state index in [-0.39, 0.29) is 43.3 Å². The zero-order valence-electron chi connectivity index (χ0n) is 26.6. The Bertz CT molecular complexity index is 1490. The Morgan fingerprint density at radius 1 is 0.978 bits per heavy atom. The lowest BCUT2D eigenvalue weighted by molar-refractivity contribution is -0.146. The smallest absolute Gasteiger partial charge is 0.328 e. The molecule has 0 fully saturated rings. The molecule has 0 aliphatic carbocycles. The molecule has 0 aliphatic heterocycles. The highest BCUT2D eigenvalue weighted by Gasteiger charge is 2.24. The summed E-state index contributed by atoms with van der Waals surface area (Å²) in [6.45, 7) is 11.0. The molecule has 14 nitrogen and oxygen atoms in total. The molecule has 3 aromatic rings. The number of aromatic nitrogens is 3. The van der Waals surface area contributed by atoms with Crippen LogP contribution >= 0.6 is 0 Å². The Morgan fingerprint density at radius 3 is 2.22 bits per heavy atom. The second-order valence-corrected chi connectivity index (χ2v) is 9.59. The molecule has 2 aromatic heterocycles. The van der Waals surface area contributed by atoms with Gasteiger partial charge in [-0.05, 0) is 58.4 Å². The molecule has 45 heavy (non-hydrogen) atoms. The zero-order valence-corrected chi connectivity index (χ0v) is 26.6. The van der Waals surface area contributed by atoms with Crippen LogP contribution in [-0.2, 0) is 35.1 Å². The molecular formula is C31H42N6O8. The first-order valence-corrected chi connectivity index (χ1v) is 14.7. The van der Waals surface area contributed by atoms with Gasteiger partial charge in [-0.15, -0.1) is 0 Å². The van der Waals surface area contributed by atoms with Crippen LogP contribution in [0.2, 0.25) is 0 Å². The van der Waals surface area contributed by atoms with E-state index in [1.807, 2.05) is 25.8 Å². The van der Waals surface area contributed by atoms with Gasteiger partial charge in [0.2, 0.25) is 5.91 Å². The maximum absolute atomic E-state index is 12.8. The minimum Gasteiger partial charge on any atom is -0.466 e. The van der Waals surface area contributed by atoms with Crippen molar-refractivity contribution in [2.45, 2.75) is 60.0 Å². The molecular weight excluding hydrogens is 584 g/mol. The Morgan fingerprint density at radius 2 is 1.64 bits per heavy atom. The van der Waals surface area contributed by atoms with Gasteiger partial charge in [-0.2, -0.15) is 0 Å². The molecule has 0 bridgehead atoms. The number of ether oxygens (including phenoxy) is 3. The Hall–Kier alpha value is -4.85. The van der Waals surface area contributed by atoms with Crippen LogP contribution in [0.5, 0.6) is 0 Å². The van der Waals surface area contributed by atoms with Gasteiger partial charge >= 0.3 is 11.9 Å². The lowest BCUT2D eigenvalue weighted by Gasteiger charge is -2.20. The molecule has 3 rings (SSSR count). The summed E-state index contributed by atoms with van der Waals surface area (Å²) in [5, 5.41) is 5.15. The minimum atomic E-state index is -0.997. The van der Waals surface area contributed by atoms with E-state index in [1.54, 1.807) is 44.3 Å². The van der Waals surface area contributed by atoms with Crippen molar-refractivity contribution in [1.82, 2.24) is 20.3 Å². The zero-order chi connectivity index (χ0) is 33.4. The number of carbonyl (C=O) groups excluding carboxylic acids is 4. The van der Waals surface area contributed by atoms with Gasteiger partial charge in [0.15, 0.2) is 5.52 Å². The summed E-state index contributed by atoms with van der Waals surface area (Å²) in [6, 6.07) is 7.21. The quantitative estimate of drug-likeness (QED) is 0.224. The lowest BCUT2D eigenvalue weighted by Crippen LogP contribution is -2.42. The molecule has 1 unspecified atom stereocenters. The number of H-pyrrole nitrogens is 1. The van der Waals surface area contributed by atoms with E-state index < -0.39 is 29.4 Å². The van der Waals surface area contributed by atoms with Crippen LogP contribution in [0.3, 0.4) is 0 Å². The van der Waals surface area contributed by atoms with E-state index in [0.717, 1.165) is 18.9 Å². The Kier molecular flexibility index (Phi) is 15.1. The third-order valence-electron chi connectivity index (χ3n) is 6.10. The molecule has 0 radical (unpaired) electrons. The van der Waals surface area contributed by atoms with Gasteiger partial charge in [-0.3, -0.25) is 24.2 Å². The summed E-state index contributed by atoms with van der Waals surface area (Å²) in [7, 11) is 1.82. The summed E-state index contributed by atoms with van der Waals surface area (Å²) >= 11 is 0. The van der Waals surface area contributed by atoms with E-state index >= 15 is 0 Å². The largest absolute Gasteiger partial charge is 0.466 e. The van der Waals surface area contributed by atoms with Crippen LogP contribution < -0.4 is 21.1 Å². The molecule has 0 saturated heterocycles. The summed E-state index contributed by atoms with van der Waals surface area (Å²) in [5.74, 6) is -1.67. The van der Waals surface area contributed by atoms with Crippen LogP contribution in [0.15, 0.2) is 41.3 Å². The first kappa shape index (κ1) is 36.3. The van der Waals surface area contributed by atoms with Crippen molar-refractivity contribution in [3.63, 3.8) is 0 Å².